The Hall–Kier alpha value is -7.46. The maximum absolute atomic E-state index is 12.6. The molecule has 0 heterocycles. The van der Waals surface area contributed by atoms with E-state index >= 15 is 0 Å². The summed E-state index contributed by atoms with van der Waals surface area (Å²) in [6.45, 7) is 22.9. The highest BCUT2D eigenvalue weighted by molar-refractivity contribution is 6.00. The minimum Gasteiger partial charge on any atom is -0.480 e. The van der Waals surface area contributed by atoms with E-state index in [4.69, 9.17) is 20.7 Å². The van der Waals surface area contributed by atoms with Crippen molar-refractivity contribution in [1.29, 1.82) is 0 Å². The normalized spacial score (nSPS) is 11.3. The Morgan fingerprint density at radius 2 is 1.00 bits per heavy atom. The van der Waals surface area contributed by atoms with Crippen LogP contribution in [0.4, 0.5) is 38.0 Å². The summed E-state index contributed by atoms with van der Waals surface area (Å²) in [4.78, 5) is 60.4. The number of urea groups is 1. The molecule has 3 amide bonds. The number of nitrogens with one attached hydrogen (secondary N) is 3. The smallest absolute Gasteiger partial charge is 0.417 e. The van der Waals surface area contributed by atoms with E-state index in [1.165, 1.54) is 38.1 Å². The zero-order chi connectivity index (χ0) is 49.2. The molecule has 0 spiro atoms. The van der Waals surface area contributed by atoms with E-state index in [9.17, 15) is 29.3 Å². The number of carboxylic acid groups (broad SMARTS) is 2. The van der Waals surface area contributed by atoms with E-state index in [0.717, 1.165) is 82.1 Å². The highest BCUT2D eigenvalue weighted by Crippen LogP contribution is 2.42. The zero-order valence-electron chi connectivity index (χ0n) is 39.4. The van der Waals surface area contributed by atoms with E-state index in [2.05, 4.69) is 91.6 Å². The van der Waals surface area contributed by atoms with Crippen molar-refractivity contribution in [2.75, 3.05) is 46.6 Å². The molecule has 0 saturated carbocycles. The second-order valence-electron chi connectivity index (χ2n) is 15.3. The van der Waals surface area contributed by atoms with Gasteiger partial charge in [-0.15, -0.1) is 0 Å². The number of carboxylic acids is 2. The van der Waals surface area contributed by atoms with Crippen molar-refractivity contribution in [3.05, 3.63) is 129 Å². The number of nitrogens with zero attached hydrogens (tertiary/aromatic N) is 3. The number of hydrogen-bond acceptors (Lipinski definition) is 10. The molecule has 2 unspecified atom stereocenters. The van der Waals surface area contributed by atoms with Gasteiger partial charge in [-0.25, -0.2) is 9.59 Å². The number of nitrogens with two attached hydrogens (primary N) is 1. The summed E-state index contributed by atoms with van der Waals surface area (Å²) in [5, 5.41) is 35.8. The molecule has 16 heteroatoms. The molecule has 0 bridgehead atoms. The first-order chi connectivity index (χ1) is 31.3. The molecule has 0 radical (unpaired) electrons. The molecule has 0 aliphatic rings. The van der Waals surface area contributed by atoms with Gasteiger partial charge in [0.05, 0.1) is 16.3 Å². The van der Waals surface area contributed by atoms with Crippen LogP contribution in [0.2, 0.25) is 0 Å². The summed E-state index contributed by atoms with van der Waals surface area (Å²) in [6.07, 6.45) is -0.663. The van der Waals surface area contributed by atoms with Crippen LogP contribution in [-0.4, -0.2) is 77.5 Å². The molecule has 352 valence electrons. The minimum absolute atomic E-state index is 0.0674. The Morgan fingerprint density at radius 1 is 0.621 bits per heavy atom. The van der Waals surface area contributed by atoms with E-state index in [0.29, 0.717) is 11.4 Å². The number of rotatable bonds is 15. The molecule has 0 aliphatic heterocycles. The lowest BCUT2D eigenvalue weighted by atomic mass is 9.92. The molecular formula is C50H63N7O9. The van der Waals surface area contributed by atoms with Crippen molar-refractivity contribution >= 4 is 52.5 Å². The monoisotopic (exact) mass is 905 g/mol. The number of anilines is 4. The Labute approximate surface area is 386 Å². The lowest BCUT2D eigenvalue weighted by Crippen LogP contribution is -2.40. The van der Waals surface area contributed by atoms with Crippen molar-refractivity contribution in [3.63, 3.8) is 0 Å². The highest BCUT2D eigenvalue weighted by atomic mass is 16.6. The summed E-state index contributed by atoms with van der Waals surface area (Å²) in [5.41, 5.74) is 16.6. The summed E-state index contributed by atoms with van der Waals surface area (Å²) >= 11 is 0. The number of aliphatic carboxylic acids is 2. The van der Waals surface area contributed by atoms with E-state index < -0.39 is 41.1 Å². The van der Waals surface area contributed by atoms with Gasteiger partial charge in [-0.1, -0.05) is 48.5 Å². The number of carbonyl (C=O) groups excluding carboxylic acids is 2. The number of aryl methyl sites for hydroxylation is 4. The molecule has 0 aromatic heterocycles. The lowest BCUT2D eigenvalue weighted by molar-refractivity contribution is -0.384. The van der Waals surface area contributed by atoms with E-state index in [-0.39, 0.29) is 11.4 Å². The van der Waals surface area contributed by atoms with Crippen LogP contribution in [0.5, 0.6) is 5.75 Å². The first-order valence-electron chi connectivity index (χ1n) is 21.7. The molecule has 0 aliphatic carbocycles. The lowest BCUT2D eigenvalue weighted by Gasteiger charge is -2.27. The van der Waals surface area contributed by atoms with Crippen molar-refractivity contribution in [2.45, 2.75) is 81.3 Å². The molecule has 5 aromatic carbocycles. The van der Waals surface area contributed by atoms with Gasteiger partial charge in [0.15, 0.2) is 0 Å². The van der Waals surface area contributed by atoms with Gasteiger partial charge >= 0.3 is 24.1 Å². The summed E-state index contributed by atoms with van der Waals surface area (Å²) in [7, 11) is 0. The average Bonchev–Trinajstić information content (AvgIpc) is 3.26. The molecule has 0 fully saturated rings. The molecule has 16 nitrogen and oxygen atoms in total. The minimum atomic E-state index is -1.08. The van der Waals surface area contributed by atoms with E-state index in [1.807, 2.05) is 62.4 Å². The highest BCUT2D eigenvalue weighted by Gasteiger charge is 2.22. The molecule has 7 N–H and O–H groups in total. The molecular weight excluding hydrogens is 843 g/mol. The van der Waals surface area contributed by atoms with Gasteiger partial charge in [0.2, 0.25) is 0 Å². The predicted molar refractivity (Wildman–Crippen MR) is 263 cm³/mol. The van der Waals surface area contributed by atoms with Gasteiger partial charge in [0, 0.05) is 71.9 Å². The SMILES string of the molecule is CC(N)C(=O)O.CCN(CC)c1cccc(C)c1-c1c(C)cccc1NC(=O)NC(C)C(=O)O.CCN(CC)c1cccc(C)c1-c1c(C)cccc1NC(=O)Oc1ccc([N+](=O)[O-])cc1. The Balaban J connectivity index is 0.000000314. The second kappa shape index (κ2) is 25.1. The summed E-state index contributed by atoms with van der Waals surface area (Å²) in [5.74, 6) is -1.82. The molecule has 2 atom stereocenters. The summed E-state index contributed by atoms with van der Waals surface area (Å²) in [6, 6.07) is 27.0. The number of nitro benzene ring substituents is 1. The van der Waals surface area contributed by atoms with Crippen LogP contribution in [0.1, 0.15) is 63.8 Å². The van der Waals surface area contributed by atoms with Gasteiger partial charge in [0.1, 0.15) is 17.8 Å². The van der Waals surface area contributed by atoms with Crippen LogP contribution >= 0.6 is 0 Å². The zero-order valence-corrected chi connectivity index (χ0v) is 39.4. The molecule has 66 heavy (non-hydrogen) atoms. The fourth-order valence-corrected chi connectivity index (χ4v) is 7.11. The van der Waals surface area contributed by atoms with Crippen molar-refractivity contribution in [2.24, 2.45) is 5.73 Å². The molecule has 5 aromatic rings. The average molecular weight is 906 g/mol. The standard InChI is InChI=1S/C25H27N3O4.C22H29N3O3.C3H7NO2/c1-5-27(6-2)22-12-8-10-18(4)24(22)23-17(3)9-7-11-21(23)26-25(29)32-20-15-13-19(14-16-20)28(30)31;1-6-25(7-2)18-13-9-11-15(4)20(18)19-14(3)10-8-12-17(19)24-22(28)23-16(5)21(26)27;1-2(4)3(5)6/h7-16H,5-6H2,1-4H3,(H,26,29);8-13,16H,6-7H2,1-5H3,(H,26,27)(H2,23,24,28);2H,4H2,1H3,(H,5,6). The number of amides is 3. The van der Waals surface area contributed by atoms with Crippen LogP contribution in [0.25, 0.3) is 22.3 Å². The van der Waals surface area contributed by atoms with Crippen molar-refractivity contribution in [3.8, 4) is 28.0 Å². The molecule has 0 saturated heterocycles. The third kappa shape index (κ3) is 14.3. The first kappa shape index (κ1) is 52.9. The van der Waals surface area contributed by atoms with Crippen molar-refractivity contribution < 1.29 is 39.1 Å². The van der Waals surface area contributed by atoms with Gasteiger partial charge in [-0.05, 0) is 128 Å². The first-order valence-corrected chi connectivity index (χ1v) is 21.7. The fraction of sp³-hybridized carbons (Fsp3) is 0.320. The van der Waals surface area contributed by atoms with Gasteiger partial charge in [-0.2, -0.15) is 0 Å². The Morgan fingerprint density at radius 3 is 1.36 bits per heavy atom. The number of benzene rings is 5. The van der Waals surface area contributed by atoms with Crippen LogP contribution in [0, 0.1) is 37.8 Å². The fourth-order valence-electron chi connectivity index (χ4n) is 7.11. The van der Waals surface area contributed by atoms with Crippen molar-refractivity contribution in [1.82, 2.24) is 5.32 Å². The van der Waals surface area contributed by atoms with Gasteiger partial charge in [0.25, 0.3) is 5.69 Å². The maximum Gasteiger partial charge on any atom is 0.417 e. The van der Waals surface area contributed by atoms with Crippen LogP contribution in [0.15, 0.2) is 97.1 Å². The maximum atomic E-state index is 12.6. The van der Waals surface area contributed by atoms with Gasteiger partial charge < -0.3 is 41.1 Å². The van der Waals surface area contributed by atoms with E-state index in [1.54, 1.807) is 0 Å². The number of hydrogen-bond donors (Lipinski definition) is 6. The van der Waals surface area contributed by atoms with Gasteiger partial charge in [-0.3, -0.25) is 25.0 Å². The topological polar surface area (TPSA) is 230 Å². The summed E-state index contributed by atoms with van der Waals surface area (Å²) < 4.78 is 5.35. The van der Waals surface area contributed by atoms with Crippen LogP contribution in [-0.2, 0) is 9.59 Å². The number of carbonyl (C=O) groups is 4. The Bertz CT molecular complexity index is 2470. The number of nitro groups is 1. The Kier molecular flexibility index (Phi) is 20.1. The molecule has 5 rings (SSSR count). The largest absolute Gasteiger partial charge is 0.480 e. The third-order valence-corrected chi connectivity index (χ3v) is 10.6. The van der Waals surface area contributed by atoms with Crippen LogP contribution in [0.3, 0.4) is 0 Å². The number of non-ortho nitro benzene ring substituents is 1. The third-order valence-electron chi connectivity index (χ3n) is 10.6. The quantitative estimate of drug-likeness (QED) is 0.0426. The number of ether oxygens (including phenoxy) is 1. The van der Waals surface area contributed by atoms with Crippen LogP contribution < -0.4 is 36.2 Å². The second-order valence-corrected chi connectivity index (χ2v) is 15.3. The predicted octanol–water partition coefficient (Wildman–Crippen LogP) is 10.2.